The fourth-order valence-corrected chi connectivity index (χ4v) is 6.55. The number of aromatic nitrogens is 4. The Kier molecular flexibility index (Phi) is 8.45. The fraction of sp³-hybridized carbons (Fsp3) is 0.621. The van der Waals surface area contributed by atoms with E-state index in [0.29, 0.717) is 19.0 Å². The SMILES string of the molecule is CC(C)(C)[Si](C)(C)OC[C@H]1O[C@@H](n2cnc3c(NCc4ccccc4)ncnc32)C[C@H]1O[Si](C)(C)C(C)(C)C. The van der Waals surface area contributed by atoms with Crippen LogP contribution in [0.3, 0.4) is 0 Å². The molecule has 0 unspecified atom stereocenters. The number of hydrogen-bond acceptors (Lipinski definition) is 7. The van der Waals surface area contributed by atoms with Crippen molar-refractivity contribution >= 4 is 33.6 Å². The fourth-order valence-electron chi connectivity index (χ4n) is 4.18. The second-order valence-corrected chi connectivity index (χ2v) is 23.3. The Labute approximate surface area is 236 Å². The number of benzene rings is 1. The summed E-state index contributed by atoms with van der Waals surface area (Å²) in [5.74, 6) is 0.715. The predicted octanol–water partition coefficient (Wildman–Crippen LogP) is 7.14. The van der Waals surface area contributed by atoms with E-state index < -0.39 is 16.6 Å². The summed E-state index contributed by atoms with van der Waals surface area (Å²) in [6, 6.07) is 10.3. The molecule has 3 heterocycles. The van der Waals surface area contributed by atoms with E-state index >= 15 is 0 Å². The van der Waals surface area contributed by atoms with Crippen LogP contribution in [0, 0.1) is 0 Å². The Morgan fingerprint density at radius 2 is 1.62 bits per heavy atom. The number of hydrogen-bond donors (Lipinski definition) is 1. The first-order valence-electron chi connectivity index (χ1n) is 14.0. The monoisotopic (exact) mass is 569 g/mol. The summed E-state index contributed by atoms with van der Waals surface area (Å²) >= 11 is 0. The first-order chi connectivity index (χ1) is 18.1. The predicted molar refractivity (Wildman–Crippen MR) is 163 cm³/mol. The lowest BCUT2D eigenvalue weighted by Crippen LogP contribution is -2.48. The highest BCUT2D eigenvalue weighted by molar-refractivity contribution is 6.74. The molecular formula is C29H47N5O3Si2. The summed E-state index contributed by atoms with van der Waals surface area (Å²) in [5.41, 5.74) is 2.67. The van der Waals surface area contributed by atoms with Gasteiger partial charge in [-0.25, -0.2) is 15.0 Å². The summed E-state index contributed by atoms with van der Waals surface area (Å²) in [5, 5.41) is 3.65. The van der Waals surface area contributed by atoms with E-state index in [2.05, 4.69) is 95.1 Å². The van der Waals surface area contributed by atoms with Crippen LogP contribution in [-0.2, 0) is 20.1 Å². The lowest BCUT2D eigenvalue weighted by molar-refractivity contribution is -0.0383. The Morgan fingerprint density at radius 3 is 2.26 bits per heavy atom. The molecule has 1 aromatic carbocycles. The van der Waals surface area contributed by atoms with Gasteiger partial charge in [0.15, 0.2) is 33.6 Å². The van der Waals surface area contributed by atoms with Gasteiger partial charge in [0.1, 0.15) is 18.7 Å². The summed E-state index contributed by atoms with van der Waals surface area (Å²) < 4.78 is 22.3. The number of imidazole rings is 1. The van der Waals surface area contributed by atoms with Gasteiger partial charge in [0.05, 0.1) is 19.0 Å². The highest BCUT2D eigenvalue weighted by Crippen LogP contribution is 2.43. The van der Waals surface area contributed by atoms with Crippen molar-refractivity contribution in [2.75, 3.05) is 11.9 Å². The van der Waals surface area contributed by atoms with E-state index in [-0.39, 0.29) is 28.5 Å². The lowest BCUT2D eigenvalue weighted by Gasteiger charge is -2.40. The van der Waals surface area contributed by atoms with E-state index in [1.807, 2.05) is 29.1 Å². The minimum absolute atomic E-state index is 0.0596. The Morgan fingerprint density at radius 1 is 0.949 bits per heavy atom. The smallest absolute Gasteiger partial charge is 0.192 e. The maximum Gasteiger partial charge on any atom is 0.192 e. The molecule has 0 spiro atoms. The van der Waals surface area contributed by atoms with Gasteiger partial charge in [-0.3, -0.25) is 4.57 Å². The molecule has 1 aliphatic heterocycles. The number of fused-ring (bicyclic) bond motifs is 1. The van der Waals surface area contributed by atoms with Crippen molar-refractivity contribution in [2.45, 2.75) is 109 Å². The van der Waals surface area contributed by atoms with Crippen LogP contribution in [0.15, 0.2) is 43.0 Å². The molecule has 0 saturated carbocycles. The van der Waals surface area contributed by atoms with Crippen molar-refractivity contribution in [3.05, 3.63) is 48.5 Å². The zero-order valence-corrected chi connectivity index (χ0v) is 27.4. The van der Waals surface area contributed by atoms with E-state index in [9.17, 15) is 0 Å². The van der Waals surface area contributed by atoms with E-state index in [0.717, 1.165) is 17.6 Å². The first kappa shape index (κ1) is 29.9. The number of nitrogens with zero attached hydrogens (tertiary/aromatic N) is 4. The first-order valence-corrected chi connectivity index (χ1v) is 19.8. The van der Waals surface area contributed by atoms with Crippen molar-refractivity contribution in [3.8, 4) is 0 Å². The molecule has 8 nitrogen and oxygen atoms in total. The van der Waals surface area contributed by atoms with Crippen LogP contribution in [0.4, 0.5) is 5.82 Å². The molecule has 0 amide bonds. The molecule has 3 aromatic rings. The molecule has 1 aliphatic rings. The summed E-state index contributed by atoms with van der Waals surface area (Å²) in [7, 11) is -3.97. The highest BCUT2D eigenvalue weighted by atomic mass is 28.4. The Balaban J connectivity index is 1.57. The van der Waals surface area contributed by atoms with Gasteiger partial charge < -0.3 is 18.9 Å². The molecule has 3 atom stereocenters. The molecular weight excluding hydrogens is 523 g/mol. The summed E-state index contributed by atoms with van der Waals surface area (Å²) in [6.45, 7) is 24.0. The van der Waals surface area contributed by atoms with E-state index in [1.165, 1.54) is 5.56 Å². The van der Waals surface area contributed by atoms with Crippen LogP contribution in [0.25, 0.3) is 11.2 Å². The average Bonchev–Trinajstić information content (AvgIpc) is 3.44. The van der Waals surface area contributed by atoms with Gasteiger partial charge in [-0.05, 0) is 41.8 Å². The summed E-state index contributed by atoms with van der Waals surface area (Å²) in [4.78, 5) is 13.8. The highest BCUT2D eigenvalue weighted by Gasteiger charge is 2.46. The van der Waals surface area contributed by atoms with Gasteiger partial charge in [-0.2, -0.15) is 0 Å². The zero-order chi connectivity index (χ0) is 28.6. The molecule has 10 heteroatoms. The van der Waals surface area contributed by atoms with Crippen molar-refractivity contribution in [3.63, 3.8) is 0 Å². The van der Waals surface area contributed by atoms with E-state index in [4.69, 9.17) is 18.6 Å². The van der Waals surface area contributed by atoms with Crippen LogP contribution in [0.5, 0.6) is 0 Å². The van der Waals surface area contributed by atoms with Crippen molar-refractivity contribution in [1.29, 1.82) is 0 Å². The van der Waals surface area contributed by atoms with Crippen LogP contribution < -0.4 is 5.32 Å². The van der Waals surface area contributed by atoms with Crippen LogP contribution in [0.1, 0.15) is 59.8 Å². The van der Waals surface area contributed by atoms with Crippen molar-refractivity contribution in [2.24, 2.45) is 0 Å². The molecule has 214 valence electrons. The normalized spacial score (nSPS) is 21.0. The van der Waals surface area contributed by atoms with Crippen LogP contribution in [0.2, 0.25) is 36.3 Å². The molecule has 1 saturated heterocycles. The number of rotatable bonds is 9. The van der Waals surface area contributed by atoms with Gasteiger partial charge in [-0.15, -0.1) is 0 Å². The minimum atomic E-state index is -2.03. The van der Waals surface area contributed by atoms with Gasteiger partial charge in [0.2, 0.25) is 0 Å². The largest absolute Gasteiger partial charge is 0.414 e. The van der Waals surface area contributed by atoms with Gasteiger partial charge in [0, 0.05) is 13.0 Å². The quantitative estimate of drug-likeness (QED) is 0.274. The third-order valence-electron chi connectivity index (χ3n) is 8.82. The molecule has 1 N–H and O–H groups in total. The van der Waals surface area contributed by atoms with Gasteiger partial charge in [-0.1, -0.05) is 71.9 Å². The third-order valence-corrected chi connectivity index (χ3v) is 17.8. The maximum atomic E-state index is 6.95. The maximum absolute atomic E-state index is 6.95. The molecule has 4 rings (SSSR count). The Hall–Kier alpha value is -2.12. The molecule has 2 aromatic heterocycles. The average molecular weight is 570 g/mol. The second kappa shape index (κ2) is 11.0. The third kappa shape index (κ3) is 6.62. The zero-order valence-electron chi connectivity index (χ0n) is 25.4. The van der Waals surface area contributed by atoms with Crippen molar-refractivity contribution < 1.29 is 13.6 Å². The molecule has 0 aliphatic carbocycles. The number of anilines is 1. The molecule has 0 bridgehead atoms. The van der Waals surface area contributed by atoms with E-state index in [1.54, 1.807) is 6.33 Å². The molecule has 0 radical (unpaired) electrons. The summed E-state index contributed by atoms with van der Waals surface area (Å²) in [6.07, 6.45) is 3.67. The van der Waals surface area contributed by atoms with Gasteiger partial charge >= 0.3 is 0 Å². The van der Waals surface area contributed by atoms with Crippen LogP contribution >= 0.6 is 0 Å². The number of nitrogens with one attached hydrogen (secondary N) is 1. The topological polar surface area (TPSA) is 83.3 Å². The standard InChI is InChI=1S/C29H47N5O3Si2/c1-28(2,3)38(7,8)35-18-23-22(37-39(9,10)29(4,5)6)16-24(36-23)34-20-33-25-26(31-19-32-27(25)34)30-17-21-14-12-11-13-15-21/h11-15,19-20,22-24H,16-18H2,1-10H3,(H,30,31,32)/t22-,23-,24-/m1/s1. The molecule has 1 fully saturated rings. The minimum Gasteiger partial charge on any atom is -0.414 e. The van der Waals surface area contributed by atoms with Gasteiger partial charge in [0.25, 0.3) is 0 Å². The lowest BCUT2D eigenvalue weighted by atomic mass is 10.2. The molecule has 39 heavy (non-hydrogen) atoms. The van der Waals surface area contributed by atoms with Crippen molar-refractivity contribution in [1.82, 2.24) is 19.5 Å². The number of ether oxygens (including phenoxy) is 1. The Bertz CT molecular complexity index is 1250. The second-order valence-electron chi connectivity index (χ2n) is 13.7. The van der Waals surface area contributed by atoms with Crippen LogP contribution in [-0.4, -0.2) is 55.0 Å².